The van der Waals surface area contributed by atoms with E-state index in [9.17, 15) is 32.1 Å². The predicted molar refractivity (Wildman–Crippen MR) is 178 cm³/mol. The van der Waals surface area contributed by atoms with Gasteiger partial charge in [-0.1, -0.05) is 42.6 Å². The van der Waals surface area contributed by atoms with Crippen molar-refractivity contribution in [2.45, 2.75) is 76.8 Å². The number of unbranched alkanes of at least 4 members (excludes halogenated alkanes) is 3. The number of nitrogens with one attached hydrogen (secondary N) is 1. The minimum Gasteiger partial charge on any atom is -0.748 e. The van der Waals surface area contributed by atoms with E-state index < -0.39 is 21.8 Å². The molecule has 0 spiro atoms. The van der Waals surface area contributed by atoms with Gasteiger partial charge in [-0.3, -0.25) is 19.2 Å². The third-order valence-corrected chi connectivity index (χ3v) is 9.08. The van der Waals surface area contributed by atoms with Gasteiger partial charge in [0.25, 0.3) is 5.91 Å². The zero-order chi connectivity index (χ0) is 34.0. The first-order valence-electron chi connectivity index (χ1n) is 15.9. The fraction of sp³-hybridized carbons (Fsp3) is 0.471. The average Bonchev–Trinajstić information content (AvgIpc) is 3.88. The number of ether oxygens (including phenoxy) is 1. The van der Waals surface area contributed by atoms with E-state index in [2.05, 4.69) is 5.32 Å². The Morgan fingerprint density at radius 3 is 2.33 bits per heavy atom. The molecule has 14 heteroatoms. The number of carbonyl (C=O) groups excluding carboxylic acids is 3. The van der Waals surface area contributed by atoms with Crippen molar-refractivity contribution in [3.63, 3.8) is 0 Å². The molecule has 0 unspecified atom stereocenters. The molecule has 1 fully saturated rings. The van der Waals surface area contributed by atoms with Gasteiger partial charge in [0, 0.05) is 55.6 Å². The van der Waals surface area contributed by atoms with Gasteiger partial charge in [-0.05, 0) is 73.9 Å². The Morgan fingerprint density at radius 2 is 1.67 bits per heavy atom. The molecular formula is C34H41ClN3NaO8S. The number of aryl methyl sites for hydroxylation is 1. The van der Waals surface area contributed by atoms with Crippen molar-refractivity contribution < 1.29 is 61.6 Å². The second-order valence-corrected chi connectivity index (χ2v) is 13.9. The first kappa shape index (κ1) is 39.7. The smallest absolute Gasteiger partial charge is 0.748 e. The minimum absolute atomic E-state index is 0. The Bertz CT molecular complexity index is 1740. The molecule has 11 nitrogen and oxygen atoms in total. The first-order chi connectivity index (χ1) is 22.4. The maximum atomic E-state index is 13.5. The van der Waals surface area contributed by atoms with Crippen LogP contribution in [0.3, 0.4) is 0 Å². The number of rotatable bonds is 18. The van der Waals surface area contributed by atoms with Crippen LogP contribution in [0, 0.1) is 0 Å². The van der Waals surface area contributed by atoms with Crippen LogP contribution in [-0.4, -0.2) is 66.2 Å². The molecule has 1 saturated carbocycles. The molecule has 1 aliphatic rings. The number of benzene rings is 2. The number of amides is 2. The van der Waals surface area contributed by atoms with Gasteiger partial charge in [-0.25, -0.2) is 8.42 Å². The van der Waals surface area contributed by atoms with Gasteiger partial charge in [-0.2, -0.15) is 0 Å². The quantitative estimate of drug-likeness (QED) is 0.0907. The largest absolute Gasteiger partial charge is 1.00 e. The number of hydrogen-bond donors (Lipinski definition) is 1. The molecule has 3 aromatic rings. The first-order valence-corrected chi connectivity index (χ1v) is 17.9. The van der Waals surface area contributed by atoms with Gasteiger partial charge >= 0.3 is 35.5 Å². The van der Waals surface area contributed by atoms with Crippen LogP contribution in [0.25, 0.3) is 10.9 Å². The molecule has 254 valence electrons. The summed E-state index contributed by atoms with van der Waals surface area (Å²) in [6, 6.07) is 13.1. The summed E-state index contributed by atoms with van der Waals surface area (Å²) < 4.78 is 39.5. The van der Waals surface area contributed by atoms with Crippen LogP contribution in [0.4, 0.5) is 0 Å². The fourth-order valence-electron chi connectivity index (χ4n) is 5.25. The third-order valence-electron chi connectivity index (χ3n) is 8.14. The number of esters is 1. The van der Waals surface area contributed by atoms with E-state index in [0.29, 0.717) is 36.1 Å². The van der Waals surface area contributed by atoms with E-state index in [1.165, 1.54) is 11.9 Å². The van der Waals surface area contributed by atoms with E-state index in [0.717, 1.165) is 42.3 Å². The number of aromatic nitrogens is 1. The summed E-state index contributed by atoms with van der Waals surface area (Å²) in [5, 5.41) is 3.95. The summed E-state index contributed by atoms with van der Waals surface area (Å²) in [7, 11) is -2.89. The molecule has 4 rings (SSSR count). The SMILES string of the molecule is CN(CCS(=O)(=O)[O-])C(=O)CCCCCCC(=O)OCCCc1ccc2c(c1)c(=O)c(C(=O)NCc1ccc(Cl)cc1)cn2C1CC1.[Na+]. The van der Waals surface area contributed by atoms with Crippen molar-refractivity contribution in [2.24, 2.45) is 0 Å². The normalized spacial score (nSPS) is 12.7. The molecule has 1 aliphatic carbocycles. The van der Waals surface area contributed by atoms with Crippen LogP contribution in [0.1, 0.15) is 85.3 Å². The molecule has 0 aliphatic heterocycles. The summed E-state index contributed by atoms with van der Waals surface area (Å²) in [5.41, 5.74) is 2.38. The van der Waals surface area contributed by atoms with Gasteiger partial charge in [0.15, 0.2) is 0 Å². The molecule has 2 amide bonds. The molecule has 0 radical (unpaired) electrons. The molecule has 0 saturated heterocycles. The molecule has 1 heterocycles. The van der Waals surface area contributed by atoms with Gasteiger partial charge in [0.2, 0.25) is 11.3 Å². The van der Waals surface area contributed by atoms with Crippen molar-refractivity contribution in [1.82, 2.24) is 14.8 Å². The summed E-state index contributed by atoms with van der Waals surface area (Å²) in [5.74, 6) is -1.54. The Kier molecular flexibility index (Phi) is 15.6. The number of halogens is 1. The van der Waals surface area contributed by atoms with Gasteiger partial charge in [0.05, 0.1) is 28.0 Å². The van der Waals surface area contributed by atoms with Crippen LogP contribution in [0.15, 0.2) is 53.5 Å². The number of fused-ring (bicyclic) bond motifs is 1. The summed E-state index contributed by atoms with van der Waals surface area (Å²) >= 11 is 5.95. The second-order valence-electron chi connectivity index (χ2n) is 12.0. The molecule has 2 aromatic carbocycles. The van der Waals surface area contributed by atoms with Crippen LogP contribution in [0.5, 0.6) is 0 Å². The average molecular weight is 710 g/mol. The van der Waals surface area contributed by atoms with Crippen LogP contribution >= 0.6 is 11.6 Å². The Balaban J connectivity index is 0.00000625. The van der Waals surface area contributed by atoms with E-state index in [1.807, 2.05) is 34.9 Å². The van der Waals surface area contributed by atoms with Crippen molar-refractivity contribution in [2.75, 3.05) is 26.0 Å². The zero-order valence-corrected chi connectivity index (χ0v) is 31.1. The molecule has 1 aromatic heterocycles. The van der Waals surface area contributed by atoms with E-state index >= 15 is 0 Å². The van der Waals surface area contributed by atoms with Crippen molar-refractivity contribution in [3.8, 4) is 0 Å². The topological polar surface area (TPSA) is 155 Å². The van der Waals surface area contributed by atoms with E-state index in [4.69, 9.17) is 16.3 Å². The van der Waals surface area contributed by atoms with Crippen LogP contribution in [-0.2, 0) is 37.4 Å². The zero-order valence-electron chi connectivity index (χ0n) is 27.5. The number of nitrogens with zero attached hydrogens (tertiary/aromatic N) is 2. The van der Waals surface area contributed by atoms with Crippen molar-refractivity contribution in [1.29, 1.82) is 0 Å². The van der Waals surface area contributed by atoms with E-state index in [-0.39, 0.29) is 91.0 Å². The second kappa shape index (κ2) is 18.9. The molecule has 1 N–H and O–H groups in total. The van der Waals surface area contributed by atoms with E-state index in [1.54, 1.807) is 18.3 Å². The summed E-state index contributed by atoms with van der Waals surface area (Å²) in [6.07, 6.45) is 8.09. The maximum absolute atomic E-state index is 13.5. The van der Waals surface area contributed by atoms with Crippen molar-refractivity contribution in [3.05, 3.63) is 80.6 Å². The monoisotopic (exact) mass is 709 g/mol. The van der Waals surface area contributed by atoms with Gasteiger partial charge in [0.1, 0.15) is 5.56 Å². The molecule has 0 atom stereocenters. The standard InChI is InChI=1S/C34H42ClN3O8S.Na/c1-37(18-20-47(43,44)45)31(39)8-4-2-3-5-9-32(40)46-19-6-7-24-12-17-30-28(21-24)33(41)29(23-38(30)27-15-16-27)34(42)36-22-25-10-13-26(35)14-11-25;/h10-14,17,21,23,27H,2-9,15-16,18-20,22H2,1H3,(H,36,42)(H,43,44,45);/q;+1/p-1. The van der Waals surface area contributed by atoms with Crippen LogP contribution in [0.2, 0.25) is 5.02 Å². The number of hydrogen-bond acceptors (Lipinski definition) is 8. The summed E-state index contributed by atoms with van der Waals surface area (Å²) in [6.45, 7) is 0.400. The van der Waals surface area contributed by atoms with Gasteiger partial charge < -0.3 is 24.1 Å². The fourth-order valence-corrected chi connectivity index (χ4v) is 5.88. The molecular weight excluding hydrogens is 669 g/mol. The molecule has 48 heavy (non-hydrogen) atoms. The maximum Gasteiger partial charge on any atom is 1.00 e. The summed E-state index contributed by atoms with van der Waals surface area (Å²) in [4.78, 5) is 52.0. The van der Waals surface area contributed by atoms with Crippen LogP contribution < -0.4 is 40.3 Å². The Labute approximate surface area is 308 Å². The third kappa shape index (κ3) is 12.6. The van der Waals surface area contributed by atoms with Crippen molar-refractivity contribution >= 4 is 50.4 Å². The Hall–Kier alpha value is -2.74. The number of pyridine rings is 1. The minimum atomic E-state index is -4.36. The number of carbonyl (C=O) groups is 3. The Morgan fingerprint density at radius 1 is 1.00 bits per heavy atom. The molecule has 0 bridgehead atoms. The predicted octanol–water partition coefficient (Wildman–Crippen LogP) is 1.74. The van der Waals surface area contributed by atoms with Gasteiger partial charge in [-0.15, -0.1) is 0 Å².